The highest BCUT2D eigenvalue weighted by Crippen LogP contribution is 2.18. The van der Waals surface area contributed by atoms with Crippen molar-refractivity contribution in [2.24, 2.45) is 4.99 Å². The molecular formula is C18H30FIN4. The van der Waals surface area contributed by atoms with E-state index in [1.165, 1.54) is 31.9 Å². The highest BCUT2D eigenvalue weighted by Gasteiger charge is 2.22. The van der Waals surface area contributed by atoms with Crippen LogP contribution in [0.5, 0.6) is 0 Å². The molecule has 136 valence electrons. The van der Waals surface area contributed by atoms with Crippen LogP contribution in [0.15, 0.2) is 29.3 Å². The number of nitrogens with zero attached hydrogens (tertiary/aromatic N) is 2. The SMILES string of the molecule is CN=C(NCc1ccccc1F)NCC(C)N1CCCCC1C.I. The van der Waals surface area contributed by atoms with Gasteiger partial charge >= 0.3 is 0 Å². The number of hydrogen-bond acceptors (Lipinski definition) is 2. The largest absolute Gasteiger partial charge is 0.355 e. The third-order valence-electron chi connectivity index (χ3n) is 4.61. The van der Waals surface area contributed by atoms with Crippen molar-refractivity contribution >= 4 is 29.9 Å². The van der Waals surface area contributed by atoms with Crippen LogP contribution in [-0.2, 0) is 6.54 Å². The first kappa shape index (κ1) is 21.2. The van der Waals surface area contributed by atoms with Gasteiger partial charge in [-0.2, -0.15) is 0 Å². The number of likely N-dealkylation sites (tertiary alicyclic amines) is 1. The van der Waals surface area contributed by atoms with Gasteiger partial charge in [0, 0.05) is 37.8 Å². The van der Waals surface area contributed by atoms with Gasteiger partial charge in [0.15, 0.2) is 5.96 Å². The number of guanidine groups is 1. The first-order valence-corrected chi connectivity index (χ1v) is 8.55. The lowest BCUT2D eigenvalue weighted by Crippen LogP contribution is -2.50. The lowest BCUT2D eigenvalue weighted by molar-refractivity contribution is 0.115. The van der Waals surface area contributed by atoms with E-state index < -0.39 is 0 Å². The summed E-state index contributed by atoms with van der Waals surface area (Å²) in [4.78, 5) is 6.78. The minimum Gasteiger partial charge on any atom is -0.355 e. The van der Waals surface area contributed by atoms with Crippen LogP contribution in [0.3, 0.4) is 0 Å². The maximum atomic E-state index is 13.6. The maximum absolute atomic E-state index is 13.6. The van der Waals surface area contributed by atoms with Crippen molar-refractivity contribution in [1.29, 1.82) is 0 Å². The molecule has 1 aromatic carbocycles. The van der Waals surface area contributed by atoms with Gasteiger partial charge in [0.25, 0.3) is 0 Å². The highest BCUT2D eigenvalue weighted by molar-refractivity contribution is 14.0. The third-order valence-corrected chi connectivity index (χ3v) is 4.61. The number of rotatable bonds is 5. The van der Waals surface area contributed by atoms with E-state index in [9.17, 15) is 4.39 Å². The molecule has 1 saturated heterocycles. The van der Waals surface area contributed by atoms with Crippen LogP contribution >= 0.6 is 24.0 Å². The number of benzene rings is 1. The standard InChI is InChI=1S/C18H29FN4.HI/c1-14-8-6-7-11-23(14)15(2)12-21-18(20-3)22-13-16-9-4-5-10-17(16)19;/h4-5,9-10,14-15H,6-8,11-13H2,1-3H3,(H2,20,21,22);1H. The van der Waals surface area contributed by atoms with Crippen LogP contribution in [-0.4, -0.2) is 43.1 Å². The number of nitrogens with one attached hydrogen (secondary N) is 2. The summed E-state index contributed by atoms with van der Waals surface area (Å²) < 4.78 is 13.6. The van der Waals surface area contributed by atoms with E-state index in [-0.39, 0.29) is 29.8 Å². The monoisotopic (exact) mass is 448 g/mol. The van der Waals surface area contributed by atoms with Gasteiger partial charge in [-0.25, -0.2) is 4.39 Å². The second kappa shape index (κ2) is 10.9. The zero-order valence-corrected chi connectivity index (χ0v) is 17.2. The molecule has 1 fully saturated rings. The highest BCUT2D eigenvalue weighted by atomic mass is 127. The van der Waals surface area contributed by atoms with Gasteiger partial charge in [0.2, 0.25) is 0 Å². The summed E-state index contributed by atoms with van der Waals surface area (Å²) in [6.45, 7) is 6.99. The van der Waals surface area contributed by atoms with E-state index >= 15 is 0 Å². The first-order chi connectivity index (χ1) is 11.1. The number of piperidine rings is 1. The molecule has 0 saturated carbocycles. The van der Waals surface area contributed by atoms with Gasteiger partial charge < -0.3 is 10.6 Å². The number of halogens is 2. The molecule has 1 aliphatic rings. The fourth-order valence-corrected chi connectivity index (χ4v) is 3.18. The van der Waals surface area contributed by atoms with Crippen LogP contribution in [0.4, 0.5) is 4.39 Å². The summed E-state index contributed by atoms with van der Waals surface area (Å²) in [7, 11) is 1.74. The fraction of sp³-hybridized carbons (Fsp3) is 0.611. The molecule has 2 N–H and O–H groups in total. The molecule has 0 radical (unpaired) electrons. The summed E-state index contributed by atoms with van der Waals surface area (Å²) in [5.41, 5.74) is 0.646. The Labute approximate surface area is 162 Å². The predicted octanol–water partition coefficient (Wildman–Crippen LogP) is 3.37. The predicted molar refractivity (Wildman–Crippen MR) is 109 cm³/mol. The Hall–Kier alpha value is -0.890. The normalized spacial score (nSPS) is 20.2. The molecule has 0 aliphatic carbocycles. The maximum Gasteiger partial charge on any atom is 0.191 e. The average molecular weight is 448 g/mol. The zero-order valence-electron chi connectivity index (χ0n) is 14.9. The van der Waals surface area contributed by atoms with Crippen molar-refractivity contribution in [3.05, 3.63) is 35.6 Å². The Bertz CT molecular complexity index is 523. The van der Waals surface area contributed by atoms with Crippen LogP contribution in [0.2, 0.25) is 0 Å². The fourth-order valence-electron chi connectivity index (χ4n) is 3.18. The van der Waals surface area contributed by atoms with E-state index in [2.05, 4.69) is 34.4 Å². The molecule has 0 amide bonds. The van der Waals surface area contributed by atoms with Crippen LogP contribution in [0, 0.1) is 5.82 Å². The van der Waals surface area contributed by atoms with Crippen LogP contribution < -0.4 is 10.6 Å². The summed E-state index contributed by atoms with van der Waals surface area (Å²) >= 11 is 0. The van der Waals surface area contributed by atoms with Crippen LogP contribution in [0.25, 0.3) is 0 Å². The molecule has 0 spiro atoms. The van der Waals surface area contributed by atoms with E-state index in [1.807, 2.05) is 6.07 Å². The lowest BCUT2D eigenvalue weighted by atomic mass is 10.0. The molecule has 2 rings (SSSR count). The Morgan fingerprint density at radius 1 is 1.33 bits per heavy atom. The lowest BCUT2D eigenvalue weighted by Gasteiger charge is -2.38. The Kier molecular flexibility index (Phi) is 9.58. The molecule has 0 aromatic heterocycles. The molecule has 1 heterocycles. The van der Waals surface area contributed by atoms with Gasteiger partial charge in [-0.15, -0.1) is 24.0 Å². The summed E-state index contributed by atoms with van der Waals surface area (Å²) in [6, 6.07) is 7.91. The van der Waals surface area contributed by atoms with Crippen molar-refractivity contribution < 1.29 is 4.39 Å². The van der Waals surface area contributed by atoms with Crippen molar-refractivity contribution in [3.8, 4) is 0 Å². The zero-order chi connectivity index (χ0) is 16.7. The van der Waals surface area contributed by atoms with Crippen molar-refractivity contribution in [1.82, 2.24) is 15.5 Å². The van der Waals surface area contributed by atoms with E-state index in [0.29, 0.717) is 30.2 Å². The molecule has 1 aromatic rings. The smallest absolute Gasteiger partial charge is 0.191 e. The second-order valence-corrected chi connectivity index (χ2v) is 6.33. The average Bonchev–Trinajstić information content (AvgIpc) is 2.56. The molecule has 4 nitrogen and oxygen atoms in total. The molecule has 6 heteroatoms. The van der Waals surface area contributed by atoms with Gasteiger partial charge in [0.1, 0.15) is 5.82 Å². The number of aliphatic imine (C=N–C) groups is 1. The molecule has 2 unspecified atom stereocenters. The van der Waals surface area contributed by atoms with Crippen molar-refractivity contribution in [2.75, 3.05) is 20.1 Å². The minimum atomic E-state index is -0.189. The molecule has 2 atom stereocenters. The Balaban J connectivity index is 0.00000288. The Morgan fingerprint density at radius 2 is 2.08 bits per heavy atom. The van der Waals surface area contributed by atoms with Gasteiger partial charge in [0.05, 0.1) is 0 Å². The van der Waals surface area contributed by atoms with E-state index in [4.69, 9.17) is 0 Å². The molecule has 24 heavy (non-hydrogen) atoms. The molecule has 0 bridgehead atoms. The second-order valence-electron chi connectivity index (χ2n) is 6.33. The Morgan fingerprint density at radius 3 is 2.75 bits per heavy atom. The third kappa shape index (κ3) is 6.20. The van der Waals surface area contributed by atoms with Crippen molar-refractivity contribution in [2.45, 2.75) is 51.7 Å². The van der Waals surface area contributed by atoms with Crippen LogP contribution in [0.1, 0.15) is 38.7 Å². The topological polar surface area (TPSA) is 39.7 Å². The van der Waals surface area contributed by atoms with E-state index in [1.54, 1.807) is 19.2 Å². The molecular weight excluding hydrogens is 418 g/mol. The molecule has 1 aliphatic heterocycles. The number of hydrogen-bond donors (Lipinski definition) is 2. The van der Waals surface area contributed by atoms with E-state index in [0.717, 1.165) is 6.54 Å². The minimum absolute atomic E-state index is 0. The van der Waals surface area contributed by atoms with Gasteiger partial charge in [-0.1, -0.05) is 24.6 Å². The summed E-state index contributed by atoms with van der Waals surface area (Å²) in [6.07, 6.45) is 3.91. The quantitative estimate of drug-likeness (QED) is 0.412. The van der Waals surface area contributed by atoms with Crippen molar-refractivity contribution in [3.63, 3.8) is 0 Å². The van der Waals surface area contributed by atoms with Gasteiger partial charge in [-0.3, -0.25) is 9.89 Å². The first-order valence-electron chi connectivity index (χ1n) is 8.55. The summed E-state index contributed by atoms with van der Waals surface area (Å²) in [5.74, 6) is 0.524. The van der Waals surface area contributed by atoms with Gasteiger partial charge in [-0.05, 0) is 39.3 Å². The summed E-state index contributed by atoms with van der Waals surface area (Å²) in [5, 5.41) is 6.53.